The van der Waals surface area contributed by atoms with Crippen molar-refractivity contribution in [3.05, 3.63) is 42.0 Å². The van der Waals surface area contributed by atoms with Gasteiger partial charge in [0.2, 0.25) is 5.91 Å². The van der Waals surface area contributed by atoms with Crippen molar-refractivity contribution in [1.29, 1.82) is 0 Å². The first-order valence-electron chi connectivity index (χ1n) is 7.92. The summed E-state index contributed by atoms with van der Waals surface area (Å²) in [6.07, 6.45) is 5.38. The highest BCUT2D eigenvalue weighted by Crippen LogP contribution is 2.48. The van der Waals surface area contributed by atoms with Crippen molar-refractivity contribution in [2.75, 3.05) is 13.7 Å². The molecule has 0 spiro atoms. The second-order valence-electron chi connectivity index (χ2n) is 6.19. The van der Waals surface area contributed by atoms with Gasteiger partial charge in [-0.3, -0.25) is 9.59 Å². The van der Waals surface area contributed by atoms with E-state index in [1.807, 2.05) is 36.4 Å². The first kappa shape index (κ1) is 15.6. The number of hydrogen-bond acceptors (Lipinski definition) is 3. The molecule has 122 valence electrons. The van der Waals surface area contributed by atoms with Crippen molar-refractivity contribution in [2.45, 2.75) is 12.8 Å². The van der Waals surface area contributed by atoms with Gasteiger partial charge in [0.1, 0.15) is 5.75 Å². The first-order chi connectivity index (χ1) is 11.1. The Morgan fingerprint density at radius 3 is 2.61 bits per heavy atom. The van der Waals surface area contributed by atoms with Crippen molar-refractivity contribution in [3.63, 3.8) is 0 Å². The molecule has 0 unspecified atom stereocenters. The topological polar surface area (TPSA) is 75.6 Å². The molecule has 0 aromatic heterocycles. The van der Waals surface area contributed by atoms with Crippen LogP contribution in [-0.2, 0) is 16.0 Å². The highest BCUT2D eigenvalue weighted by molar-refractivity contribution is 5.86. The molecule has 1 fully saturated rings. The molecule has 0 aliphatic heterocycles. The maximum absolute atomic E-state index is 12.5. The van der Waals surface area contributed by atoms with E-state index in [-0.39, 0.29) is 17.7 Å². The van der Waals surface area contributed by atoms with Crippen LogP contribution in [0.5, 0.6) is 5.75 Å². The van der Waals surface area contributed by atoms with E-state index in [2.05, 4.69) is 5.32 Å². The molecule has 0 radical (unpaired) electrons. The third-order valence-electron chi connectivity index (χ3n) is 4.93. The molecule has 2 aliphatic carbocycles. The Hall–Kier alpha value is -2.30. The largest absolute Gasteiger partial charge is 0.496 e. The van der Waals surface area contributed by atoms with Crippen LogP contribution in [0.4, 0.5) is 0 Å². The number of carbonyl (C=O) groups excluding carboxylic acids is 1. The Morgan fingerprint density at radius 2 is 1.91 bits per heavy atom. The van der Waals surface area contributed by atoms with E-state index in [1.165, 1.54) is 0 Å². The number of allylic oxidation sites excluding steroid dienone is 2. The molecule has 5 heteroatoms. The third-order valence-corrected chi connectivity index (χ3v) is 4.93. The van der Waals surface area contributed by atoms with E-state index in [1.54, 1.807) is 7.11 Å². The normalized spacial score (nSPS) is 27.9. The van der Waals surface area contributed by atoms with Crippen LogP contribution < -0.4 is 10.1 Å². The van der Waals surface area contributed by atoms with E-state index < -0.39 is 17.8 Å². The van der Waals surface area contributed by atoms with Gasteiger partial charge in [0.05, 0.1) is 18.9 Å². The van der Waals surface area contributed by atoms with Gasteiger partial charge in [0.15, 0.2) is 0 Å². The lowest BCUT2D eigenvalue weighted by Crippen LogP contribution is -2.40. The number of amides is 1. The summed E-state index contributed by atoms with van der Waals surface area (Å²) < 4.78 is 5.29. The molecular formula is C18H21NO4. The van der Waals surface area contributed by atoms with Gasteiger partial charge in [0.25, 0.3) is 0 Å². The number of fused-ring (bicyclic) bond motifs is 2. The van der Waals surface area contributed by atoms with Crippen LogP contribution in [0.25, 0.3) is 0 Å². The Morgan fingerprint density at radius 1 is 1.22 bits per heavy atom. The zero-order valence-corrected chi connectivity index (χ0v) is 13.1. The Balaban J connectivity index is 1.59. The molecule has 23 heavy (non-hydrogen) atoms. The lowest BCUT2D eigenvalue weighted by atomic mass is 9.82. The average Bonchev–Trinajstić information content (AvgIpc) is 3.16. The molecule has 1 saturated carbocycles. The molecule has 5 nitrogen and oxygen atoms in total. The molecule has 3 rings (SSSR count). The Bertz CT molecular complexity index is 640. The van der Waals surface area contributed by atoms with Crippen molar-refractivity contribution in [1.82, 2.24) is 5.32 Å². The fourth-order valence-corrected chi connectivity index (χ4v) is 3.86. The minimum absolute atomic E-state index is 0.00228. The molecule has 2 N–H and O–H groups in total. The van der Waals surface area contributed by atoms with Crippen LogP contribution in [0.15, 0.2) is 36.4 Å². The molecule has 0 heterocycles. The molecule has 2 aliphatic rings. The molecule has 1 aromatic rings. The third kappa shape index (κ3) is 2.96. The summed E-state index contributed by atoms with van der Waals surface area (Å²) in [6.45, 7) is 0.475. The predicted molar refractivity (Wildman–Crippen MR) is 85.1 cm³/mol. The summed E-state index contributed by atoms with van der Waals surface area (Å²) in [4.78, 5) is 23.9. The highest BCUT2D eigenvalue weighted by Gasteiger charge is 2.51. The van der Waals surface area contributed by atoms with Crippen LogP contribution in [0, 0.1) is 23.7 Å². The number of carboxylic acid groups (broad SMARTS) is 1. The number of para-hydroxylation sites is 1. The number of rotatable bonds is 6. The van der Waals surface area contributed by atoms with Gasteiger partial charge >= 0.3 is 5.97 Å². The highest BCUT2D eigenvalue weighted by atomic mass is 16.5. The second-order valence-corrected chi connectivity index (χ2v) is 6.19. The van der Waals surface area contributed by atoms with Gasteiger partial charge in [-0.1, -0.05) is 30.4 Å². The van der Waals surface area contributed by atoms with E-state index >= 15 is 0 Å². The van der Waals surface area contributed by atoms with E-state index in [0.717, 1.165) is 17.7 Å². The zero-order chi connectivity index (χ0) is 16.4. The zero-order valence-electron chi connectivity index (χ0n) is 13.1. The summed E-state index contributed by atoms with van der Waals surface area (Å²) in [7, 11) is 1.62. The van der Waals surface area contributed by atoms with Crippen molar-refractivity contribution >= 4 is 11.9 Å². The molecule has 1 amide bonds. The van der Waals surface area contributed by atoms with Crippen LogP contribution in [0.3, 0.4) is 0 Å². The smallest absolute Gasteiger partial charge is 0.307 e. The second kappa shape index (κ2) is 6.44. The summed E-state index contributed by atoms with van der Waals surface area (Å²) >= 11 is 0. The van der Waals surface area contributed by atoms with Crippen molar-refractivity contribution in [2.24, 2.45) is 23.7 Å². The first-order valence-corrected chi connectivity index (χ1v) is 7.92. The van der Waals surface area contributed by atoms with E-state index in [9.17, 15) is 14.7 Å². The fourth-order valence-electron chi connectivity index (χ4n) is 3.86. The van der Waals surface area contributed by atoms with Gasteiger partial charge in [-0.15, -0.1) is 0 Å². The number of carboxylic acids is 1. The standard InChI is InChI=1S/C18H21NO4/c1-23-14-5-3-2-4-11(14)8-9-19-17(20)15-12-6-7-13(10-12)16(15)18(21)22/h2-7,12-13,15-16H,8-10H2,1H3,(H,19,20)(H,21,22)/t12-,13-,15-,16-/m0/s1. The van der Waals surface area contributed by atoms with Crippen molar-refractivity contribution < 1.29 is 19.4 Å². The summed E-state index contributed by atoms with van der Waals surface area (Å²) in [6, 6.07) is 7.68. The summed E-state index contributed by atoms with van der Waals surface area (Å²) in [5.74, 6) is -1.19. The van der Waals surface area contributed by atoms with Crippen LogP contribution in [-0.4, -0.2) is 30.6 Å². The Kier molecular flexibility index (Phi) is 4.37. The SMILES string of the molecule is COc1ccccc1CCNC(=O)[C@@H]1[C@@H](C(=O)O)[C@H]2C=C[C@H]1C2. The summed E-state index contributed by atoms with van der Waals surface area (Å²) in [5.41, 5.74) is 1.03. The van der Waals surface area contributed by atoms with Gasteiger partial charge in [-0.2, -0.15) is 0 Å². The lowest BCUT2D eigenvalue weighted by molar-refractivity contribution is -0.147. The minimum Gasteiger partial charge on any atom is -0.496 e. The maximum atomic E-state index is 12.5. The van der Waals surface area contributed by atoms with Crippen LogP contribution >= 0.6 is 0 Å². The quantitative estimate of drug-likeness (QED) is 0.786. The molecule has 4 atom stereocenters. The number of ether oxygens (including phenoxy) is 1. The molecular weight excluding hydrogens is 294 g/mol. The lowest BCUT2D eigenvalue weighted by Gasteiger charge is -2.23. The minimum atomic E-state index is -0.869. The number of methoxy groups -OCH3 is 1. The average molecular weight is 315 g/mol. The number of carbonyl (C=O) groups is 2. The van der Waals surface area contributed by atoms with Crippen LogP contribution in [0.2, 0.25) is 0 Å². The molecule has 2 bridgehead atoms. The van der Waals surface area contributed by atoms with E-state index in [0.29, 0.717) is 13.0 Å². The van der Waals surface area contributed by atoms with Gasteiger partial charge in [-0.25, -0.2) is 0 Å². The van der Waals surface area contributed by atoms with Crippen molar-refractivity contribution in [3.8, 4) is 5.75 Å². The number of hydrogen-bond donors (Lipinski definition) is 2. The van der Waals surface area contributed by atoms with E-state index in [4.69, 9.17) is 4.74 Å². The number of benzene rings is 1. The summed E-state index contributed by atoms with van der Waals surface area (Å²) in [5, 5.41) is 12.3. The molecule has 1 aromatic carbocycles. The van der Waals surface area contributed by atoms with Gasteiger partial charge < -0.3 is 15.2 Å². The Labute approximate surface area is 135 Å². The van der Waals surface area contributed by atoms with Gasteiger partial charge in [0, 0.05) is 6.54 Å². The van der Waals surface area contributed by atoms with Crippen LogP contribution in [0.1, 0.15) is 12.0 Å². The maximum Gasteiger partial charge on any atom is 0.307 e. The number of aliphatic carboxylic acids is 1. The molecule has 0 saturated heterocycles. The predicted octanol–water partition coefficient (Wildman–Crippen LogP) is 1.88. The fraction of sp³-hybridized carbons (Fsp3) is 0.444. The van der Waals surface area contributed by atoms with Gasteiger partial charge in [-0.05, 0) is 36.3 Å². The number of nitrogens with one attached hydrogen (secondary N) is 1. The monoisotopic (exact) mass is 315 g/mol.